The zero-order valence-electron chi connectivity index (χ0n) is 15.2. The van der Waals surface area contributed by atoms with Gasteiger partial charge in [-0.25, -0.2) is 0 Å². The first-order valence-corrected chi connectivity index (χ1v) is 9.67. The zero-order valence-corrected chi connectivity index (χ0v) is 15.2. The van der Waals surface area contributed by atoms with E-state index in [-0.39, 0.29) is 30.1 Å². The third kappa shape index (κ3) is 3.10. The molecule has 4 atom stereocenters. The molecule has 0 bridgehead atoms. The standard InChI is InChI=1S/C22H25F3O2/c23-22(24,25)21(27)11-10-20(13-15-4-2-1-3-5-15)17(14-21)7-6-16-12-18(26)8-9-19(16)20/h1-5,8-9,16-17,26-27H,6-7,10-14H2/t16?,17-,20+,21-/m1/s1. The van der Waals surface area contributed by atoms with Crippen LogP contribution in [0.2, 0.25) is 0 Å². The van der Waals surface area contributed by atoms with Crippen molar-refractivity contribution in [1.82, 2.24) is 0 Å². The third-order valence-electron chi connectivity index (χ3n) is 7.03. The van der Waals surface area contributed by atoms with Gasteiger partial charge in [-0.3, -0.25) is 0 Å². The van der Waals surface area contributed by atoms with Gasteiger partial charge in [-0.15, -0.1) is 0 Å². The second kappa shape index (κ2) is 6.40. The summed E-state index contributed by atoms with van der Waals surface area (Å²) in [6.45, 7) is 0. The lowest BCUT2D eigenvalue weighted by Gasteiger charge is -2.56. The number of alkyl halides is 3. The summed E-state index contributed by atoms with van der Waals surface area (Å²) in [5, 5.41) is 20.3. The van der Waals surface area contributed by atoms with Gasteiger partial charge < -0.3 is 10.2 Å². The first-order chi connectivity index (χ1) is 12.7. The maximum atomic E-state index is 13.5. The minimum atomic E-state index is -4.60. The number of halogens is 3. The normalized spacial score (nSPS) is 36.3. The van der Waals surface area contributed by atoms with E-state index in [9.17, 15) is 23.4 Å². The van der Waals surface area contributed by atoms with E-state index in [1.807, 2.05) is 36.4 Å². The van der Waals surface area contributed by atoms with Gasteiger partial charge in [0.1, 0.15) is 0 Å². The molecule has 1 aromatic carbocycles. The van der Waals surface area contributed by atoms with Gasteiger partial charge in [0, 0.05) is 6.42 Å². The quantitative estimate of drug-likeness (QED) is 0.714. The molecular weight excluding hydrogens is 353 g/mol. The molecule has 0 saturated heterocycles. The lowest BCUT2D eigenvalue weighted by molar-refractivity contribution is -0.282. The predicted octanol–water partition coefficient (Wildman–Crippen LogP) is 5.49. The Labute approximate surface area is 157 Å². The number of aliphatic hydroxyl groups is 2. The van der Waals surface area contributed by atoms with Crippen LogP contribution in [0.15, 0.2) is 53.8 Å². The van der Waals surface area contributed by atoms with Crippen molar-refractivity contribution in [3.8, 4) is 0 Å². The van der Waals surface area contributed by atoms with E-state index in [1.165, 1.54) is 5.57 Å². The maximum Gasteiger partial charge on any atom is 0.417 e. The van der Waals surface area contributed by atoms with Gasteiger partial charge in [-0.1, -0.05) is 42.0 Å². The molecule has 27 heavy (non-hydrogen) atoms. The monoisotopic (exact) mass is 378 g/mol. The Morgan fingerprint density at radius 1 is 1.04 bits per heavy atom. The SMILES string of the molecule is OC1=CC=C2C(CC[C@@H]3C[C@@](O)(C(F)(F)F)CC[C@@]23Cc2ccccc2)C1. The number of allylic oxidation sites excluding steroid dienone is 4. The van der Waals surface area contributed by atoms with Crippen molar-refractivity contribution in [2.24, 2.45) is 17.3 Å². The highest BCUT2D eigenvalue weighted by Crippen LogP contribution is 2.62. The van der Waals surface area contributed by atoms with Crippen LogP contribution in [0.3, 0.4) is 0 Å². The van der Waals surface area contributed by atoms with Crippen molar-refractivity contribution in [2.45, 2.75) is 56.7 Å². The van der Waals surface area contributed by atoms with Crippen molar-refractivity contribution in [3.63, 3.8) is 0 Å². The Balaban J connectivity index is 1.75. The minimum absolute atomic E-state index is 0.187. The average Bonchev–Trinajstić information content (AvgIpc) is 2.62. The fraction of sp³-hybridized carbons (Fsp3) is 0.545. The largest absolute Gasteiger partial charge is 0.512 e. The van der Waals surface area contributed by atoms with Crippen molar-refractivity contribution < 1.29 is 23.4 Å². The van der Waals surface area contributed by atoms with Gasteiger partial charge in [0.25, 0.3) is 0 Å². The van der Waals surface area contributed by atoms with Crippen LogP contribution < -0.4 is 0 Å². The molecule has 0 radical (unpaired) electrons. The van der Waals surface area contributed by atoms with Crippen LogP contribution in [0, 0.1) is 17.3 Å². The summed E-state index contributed by atoms with van der Waals surface area (Å²) >= 11 is 0. The second-order valence-electron chi connectivity index (χ2n) is 8.51. The summed E-state index contributed by atoms with van der Waals surface area (Å²) < 4.78 is 40.5. The van der Waals surface area contributed by atoms with Gasteiger partial charge >= 0.3 is 6.18 Å². The molecule has 2 fully saturated rings. The van der Waals surface area contributed by atoms with E-state index >= 15 is 0 Å². The first kappa shape index (κ1) is 18.6. The molecule has 0 amide bonds. The van der Waals surface area contributed by atoms with Crippen LogP contribution in [-0.4, -0.2) is 22.0 Å². The summed E-state index contributed by atoms with van der Waals surface area (Å²) in [5.41, 5.74) is -0.679. The van der Waals surface area contributed by atoms with E-state index in [1.54, 1.807) is 6.08 Å². The fourth-order valence-electron chi connectivity index (χ4n) is 5.63. The van der Waals surface area contributed by atoms with Crippen LogP contribution in [0.1, 0.15) is 44.1 Å². The molecule has 3 aliphatic rings. The van der Waals surface area contributed by atoms with Gasteiger partial charge in [0.15, 0.2) is 5.60 Å². The molecule has 0 spiro atoms. The van der Waals surface area contributed by atoms with Gasteiger partial charge in [-0.2, -0.15) is 13.2 Å². The highest BCUT2D eigenvalue weighted by Gasteiger charge is 2.62. The van der Waals surface area contributed by atoms with Gasteiger partial charge in [-0.05, 0) is 67.4 Å². The number of hydrogen-bond donors (Lipinski definition) is 2. The van der Waals surface area contributed by atoms with Crippen molar-refractivity contribution in [3.05, 3.63) is 59.4 Å². The molecule has 0 aliphatic heterocycles. The topological polar surface area (TPSA) is 40.5 Å². The van der Waals surface area contributed by atoms with Crippen molar-refractivity contribution in [2.75, 3.05) is 0 Å². The van der Waals surface area contributed by atoms with Crippen LogP contribution in [0.5, 0.6) is 0 Å². The zero-order chi connectivity index (χ0) is 19.3. The molecule has 1 unspecified atom stereocenters. The van der Waals surface area contributed by atoms with Crippen molar-refractivity contribution in [1.29, 1.82) is 0 Å². The highest BCUT2D eigenvalue weighted by molar-refractivity contribution is 5.35. The molecule has 5 heteroatoms. The molecular formula is C22H25F3O2. The summed E-state index contributed by atoms with van der Waals surface area (Å²) in [7, 11) is 0. The average molecular weight is 378 g/mol. The third-order valence-corrected chi connectivity index (χ3v) is 7.03. The Morgan fingerprint density at radius 2 is 1.78 bits per heavy atom. The Bertz CT molecular complexity index is 768. The smallest absolute Gasteiger partial charge is 0.417 e. The summed E-state index contributed by atoms with van der Waals surface area (Å²) in [6, 6.07) is 9.90. The second-order valence-corrected chi connectivity index (χ2v) is 8.51. The maximum absolute atomic E-state index is 13.5. The predicted molar refractivity (Wildman–Crippen MR) is 97.1 cm³/mol. The van der Waals surface area contributed by atoms with Crippen LogP contribution in [0.25, 0.3) is 0 Å². The molecule has 0 aromatic heterocycles. The highest BCUT2D eigenvalue weighted by atomic mass is 19.4. The van der Waals surface area contributed by atoms with E-state index in [4.69, 9.17) is 0 Å². The number of rotatable bonds is 2. The summed E-state index contributed by atoms with van der Waals surface area (Å²) in [4.78, 5) is 0. The molecule has 4 rings (SSSR count). The minimum Gasteiger partial charge on any atom is -0.512 e. The van der Waals surface area contributed by atoms with Crippen LogP contribution >= 0.6 is 0 Å². The molecule has 3 aliphatic carbocycles. The molecule has 146 valence electrons. The van der Waals surface area contributed by atoms with Gasteiger partial charge in [0.05, 0.1) is 5.76 Å². The van der Waals surface area contributed by atoms with Gasteiger partial charge in [0.2, 0.25) is 0 Å². The van der Waals surface area contributed by atoms with Crippen LogP contribution in [0.4, 0.5) is 13.2 Å². The number of benzene rings is 1. The lowest BCUT2D eigenvalue weighted by Crippen LogP contribution is -2.56. The Hall–Kier alpha value is -1.75. The molecule has 2 saturated carbocycles. The first-order valence-electron chi connectivity index (χ1n) is 9.67. The number of fused-ring (bicyclic) bond motifs is 3. The summed E-state index contributed by atoms with van der Waals surface area (Å²) in [5.74, 6) is 0.320. The number of hydrogen-bond acceptors (Lipinski definition) is 2. The van der Waals surface area contributed by atoms with Crippen molar-refractivity contribution >= 4 is 0 Å². The van der Waals surface area contributed by atoms with E-state index < -0.39 is 11.8 Å². The molecule has 2 N–H and O–H groups in total. The molecule has 0 heterocycles. The van der Waals surface area contributed by atoms with E-state index in [2.05, 4.69) is 0 Å². The van der Waals surface area contributed by atoms with E-state index in [0.717, 1.165) is 12.0 Å². The Kier molecular flexibility index (Phi) is 4.41. The van der Waals surface area contributed by atoms with Crippen LogP contribution in [-0.2, 0) is 6.42 Å². The van der Waals surface area contributed by atoms with E-state index in [0.29, 0.717) is 31.4 Å². The molecule has 2 nitrogen and oxygen atoms in total. The Morgan fingerprint density at radius 3 is 2.48 bits per heavy atom. The fourth-order valence-corrected chi connectivity index (χ4v) is 5.63. The lowest BCUT2D eigenvalue weighted by atomic mass is 9.49. The molecule has 1 aromatic rings. The summed E-state index contributed by atoms with van der Waals surface area (Å²) in [6.07, 6.45) is 1.54. The number of aliphatic hydroxyl groups excluding tert-OH is 1.